The smallest absolute Gasteiger partial charge is 0.343 e. The number of hydrogen-bond donors (Lipinski definition) is 0. The van der Waals surface area contributed by atoms with Crippen molar-refractivity contribution >= 4 is 29.2 Å². The molecule has 0 saturated carbocycles. The lowest BCUT2D eigenvalue weighted by Gasteiger charge is -2.07. The van der Waals surface area contributed by atoms with Gasteiger partial charge in [-0.2, -0.15) is 0 Å². The number of thiophene rings is 1. The number of ether oxygens (including phenoxy) is 2. The van der Waals surface area contributed by atoms with E-state index in [4.69, 9.17) is 9.47 Å². The molecule has 2 aromatic carbocycles. The summed E-state index contributed by atoms with van der Waals surface area (Å²) < 4.78 is 11.1. The Balaban J connectivity index is 1.57. The number of esters is 1. The van der Waals surface area contributed by atoms with Crippen molar-refractivity contribution in [2.45, 2.75) is 6.92 Å². The quantitative estimate of drug-likeness (QED) is 0.378. The first-order valence-electron chi connectivity index (χ1n) is 8.01. The van der Waals surface area contributed by atoms with E-state index in [0.717, 1.165) is 10.4 Å². The average Bonchev–Trinajstić information content (AvgIpc) is 3.24. The molecule has 0 spiro atoms. The minimum atomic E-state index is -0.443. The van der Waals surface area contributed by atoms with Crippen LogP contribution in [0, 0.1) is 6.92 Å². The molecule has 0 radical (unpaired) electrons. The molecule has 1 aromatic heterocycles. The summed E-state index contributed by atoms with van der Waals surface area (Å²) in [6, 6.07) is 15.8. The van der Waals surface area contributed by atoms with Gasteiger partial charge in [0.25, 0.3) is 0 Å². The molecule has 0 atom stereocenters. The van der Waals surface area contributed by atoms with Crippen LogP contribution in [0.4, 0.5) is 0 Å². The molecule has 0 aliphatic carbocycles. The van der Waals surface area contributed by atoms with Crippen molar-refractivity contribution in [1.29, 1.82) is 0 Å². The van der Waals surface area contributed by atoms with E-state index >= 15 is 0 Å². The van der Waals surface area contributed by atoms with Crippen LogP contribution >= 0.6 is 11.3 Å². The monoisotopic (exact) mass is 362 g/mol. The minimum Gasteiger partial charge on any atom is -0.452 e. The third kappa shape index (κ3) is 3.05. The number of rotatable bonds is 3. The Morgan fingerprint density at radius 3 is 2.73 bits per heavy atom. The number of benzene rings is 2. The number of allylic oxidation sites excluding steroid dienone is 1. The van der Waals surface area contributed by atoms with Crippen LogP contribution in [-0.4, -0.2) is 11.8 Å². The Kier molecular flexibility index (Phi) is 4.14. The highest BCUT2D eigenvalue weighted by Crippen LogP contribution is 2.35. The van der Waals surface area contributed by atoms with Crippen LogP contribution < -0.4 is 9.47 Å². The number of carbonyl (C=O) groups is 2. The number of hydrogen-bond acceptors (Lipinski definition) is 5. The maximum atomic E-state index is 12.4. The van der Waals surface area contributed by atoms with Crippen molar-refractivity contribution < 1.29 is 19.1 Å². The van der Waals surface area contributed by atoms with E-state index in [0.29, 0.717) is 22.6 Å². The molecule has 0 fully saturated rings. The summed E-state index contributed by atoms with van der Waals surface area (Å²) >= 11 is 1.52. The van der Waals surface area contributed by atoms with Gasteiger partial charge in [-0.05, 0) is 42.1 Å². The Morgan fingerprint density at radius 1 is 1.12 bits per heavy atom. The van der Waals surface area contributed by atoms with Crippen molar-refractivity contribution in [2.24, 2.45) is 0 Å². The number of fused-ring (bicyclic) bond motifs is 1. The van der Waals surface area contributed by atoms with E-state index in [9.17, 15) is 9.59 Å². The highest BCUT2D eigenvalue weighted by Gasteiger charge is 2.28. The first-order valence-corrected chi connectivity index (χ1v) is 8.89. The summed E-state index contributed by atoms with van der Waals surface area (Å²) in [5, 5.41) is 1.93. The van der Waals surface area contributed by atoms with E-state index in [1.165, 1.54) is 11.3 Å². The van der Waals surface area contributed by atoms with Crippen LogP contribution in [0.2, 0.25) is 0 Å². The first kappa shape index (κ1) is 16.3. The van der Waals surface area contributed by atoms with Crippen molar-refractivity contribution in [3.8, 4) is 11.5 Å². The Hall–Kier alpha value is -3.18. The van der Waals surface area contributed by atoms with Gasteiger partial charge in [-0.25, -0.2) is 4.79 Å². The molecule has 0 bridgehead atoms. The van der Waals surface area contributed by atoms with E-state index in [2.05, 4.69) is 0 Å². The zero-order chi connectivity index (χ0) is 18.1. The maximum Gasteiger partial charge on any atom is 0.343 e. The summed E-state index contributed by atoms with van der Waals surface area (Å²) in [6.07, 6.45) is 1.71. The first-order chi connectivity index (χ1) is 12.6. The lowest BCUT2D eigenvalue weighted by molar-refractivity contribution is 0.0733. The second-order valence-corrected chi connectivity index (χ2v) is 6.80. The van der Waals surface area contributed by atoms with Gasteiger partial charge in [0.05, 0.1) is 11.1 Å². The Morgan fingerprint density at radius 2 is 1.96 bits per heavy atom. The molecule has 1 aliphatic heterocycles. The highest BCUT2D eigenvalue weighted by atomic mass is 32.1. The van der Waals surface area contributed by atoms with Crippen LogP contribution in [0.15, 0.2) is 65.7 Å². The molecule has 2 heterocycles. The molecule has 0 unspecified atom stereocenters. The predicted molar refractivity (Wildman–Crippen MR) is 99.8 cm³/mol. The SMILES string of the molecule is Cc1ccccc1C(=O)Oc1ccc2c(c1)O/C(=C/c1cccs1)C2=O. The molecule has 4 nitrogen and oxygen atoms in total. The van der Waals surface area contributed by atoms with Crippen LogP contribution in [0.1, 0.15) is 31.2 Å². The highest BCUT2D eigenvalue weighted by molar-refractivity contribution is 7.10. The van der Waals surface area contributed by atoms with Crippen LogP contribution in [0.3, 0.4) is 0 Å². The van der Waals surface area contributed by atoms with Crippen molar-refractivity contribution in [3.05, 3.63) is 87.3 Å². The van der Waals surface area contributed by atoms with Crippen molar-refractivity contribution in [2.75, 3.05) is 0 Å². The van der Waals surface area contributed by atoms with Gasteiger partial charge in [0, 0.05) is 17.0 Å². The van der Waals surface area contributed by atoms with Gasteiger partial charge in [0.2, 0.25) is 5.78 Å². The van der Waals surface area contributed by atoms with Crippen molar-refractivity contribution in [3.63, 3.8) is 0 Å². The second kappa shape index (κ2) is 6.61. The Bertz CT molecular complexity index is 1030. The number of aryl methyl sites for hydroxylation is 1. The summed E-state index contributed by atoms with van der Waals surface area (Å²) in [6.45, 7) is 1.85. The van der Waals surface area contributed by atoms with Gasteiger partial charge in [-0.15, -0.1) is 11.3 Å². The van der Waals surface area contributed by atoms with E-state index in [1.807, 2.05) is 36.6 Å². The summed E-state index contributed by atoms with van der Waals surface area (Å²) in [5.74, 6) is 0.381. The lowest BCUT2D eigenvalue weighted by atomic mass is 10.1. The van der Waals surface area contributed by atoms with Gasteiger partial charge in [-0.1, -0.05) is 24.3 Å². The molecule has 0 amide bonds. The zero-order valence-corrected chi connectivity index (χ0v) is 14.7. The predicted octanol–water partition coefficient (Wildman–Crippen LogP) is 4.89. The molecule has 0 saturated heterocycles. The van der Waals surface area contributed by atoms with Gasteiger partial charge >= 0.3 is 5.97 Å². The fraction of sp³-hybridized carbons (Fsp3) is 0.0476. The topological polar surface area (TPSA) is 52.6 Å². The maximum absolute atomic E-state index is 12.4. The third-order valence-corrected chi connectivity index (χ3v) is 4.85. The molecule has 3 aromatic rings. The van der Waals surface area contributed by atoms with E-state index in [-0.39, 0.29) is 11.5 Å². The fourth-order valence-electron chi connectivity index (χ4n) is 2.70. The normalized spacial score (nSPS) is 14.2. The average molecular weight is 362 g/mol. The summed E-state index contributed by atoms with van der Waals surface area (Å²) in [7, 11) is 0. The van der Waals surface area contributed by atoms with E-state index < -0.39 is 5.97 Å². The second-order valence-electron chi connectivity index (χ2n) is 5.82. The minimum absolute atomic E-state index is 0.176. The summed E-state index contributed by atoms with van der Waals surface area (Å²) in [5.41, 5.74) is 1.80. The van der Waals surface area contributed by atoms with Gasteiger partial charge < -0.3 is 9.47 Å². The van der Waals surface area contributed by atoms with Crippen LogP contribution in [0.25, 0.3) is 6.08 Å². The largest absolute Gasteiger partial charge is 0.452 e. The van der Waals surface area contributed by atoms with E-state index in [1.54, 1.807) is 36.4 Å². The number of Topliss-reactive ketones (excluding diaryl/α,β-unsaturated/α-hetero) is 1. The molecule has 128 valence electrons. The Labute approximate surface area is 154 Å². The van der Waals surface area contributed by atoms with Gasteiger partial charge in [-0.3, -0.25) is 4.79 Å². The number of carbonyl (C=O) groups excluding carboxylic acids is 2. The third-order valence-electron chi connectivity index (χ3n) is 4.03. The molecule has 4 rings (SSSR count). The lowest BCUT2D eigenvalue weighted by Crippen LogP contribution is -2.10. The molecule has 5 heteroatoms. The number of ketones is 1. The molecular formula is C21H14O4S. The zero-order valence-electron chi connectivity index (χ0n) is 13.9. The standard InChI is InChI=1S/C21H14O4S/c1-13-5-2-3-7-16(13)21(23)24-14-8-9-17-18(11-14)25-19(20(17)22)12-15-6-4-10-26-15/h2-12H,1H3/b19-12+. The molecule has 0 N–H and O–H groups in total. The molecule has 1 aliphatic rings. The van der Waals surface area contributed by atoms with Gasteiger partial charge in [0.1, 0.15) is 11.5 Å². The van der Waals surface area contributed by atoms with Gasteiger partial charge in [0.15, 0.2) is 5.76 Å². The summed E-state index contributed by atoms with van der Waals surface area (Å²) in [4.78, 5) is 25.7. The molecule has 26 heavy (non-hydrogen) atoms. The van der Waals surface area contributed by atoms with Crippen LogP contribution in [-0.2, 0) is 0 Å². The van der Waals surface area contributed by atoms with Crippen molar-refractivity contribution in [1.82, 2.24) is 0 Å². The van der Waals surface area contributed by atoms with Crippen LogP contribution in [0.5, 0.6) is 11.5 Å². The fourth-order valence-corrected chi connectivity index (χ4v) is 3.34. The molecular weight excluding hydrogens is 348 g/mol.